The van der Waals surface area contributed by atoms with Crippen molar-refractivity contribution in [2.75, 3.05) is 0 Å². The Bertz CT molecular complexity index is 149. The molecule has 0 aromatic rings. The fourth-order valence-electron chi connectivity index (χ4n) is 0.653. The highest BCUT2D eigenvalue weighted by molar-refractivity contribution is 7.79. The smallest absolute Gasteiger partial charge is 0.303 e. The van der Waals surface area contributed by atoms with Gasteiger partial charge in [-0.25, -0.2) is 0 Å². The number of carbonyl (C=O) groups is 1. The first-order chi connectivity index (χ1) is 4.18. The fraction of sp³-hybridized carbons (Fsp3) is 0.667. The van der Waals surface area contributed by atoms with Gasteiger partial charge in [0.05, 0.1) is 0 Å². The maximum absolute atomic E-state index is 10.4. The van der Waals surface area contributed by atoms with E-state index in [9.17, 15) is 4.79 Å². The third-order valence-corrected chi connectivity index (χ3v) is 1.73. The van der Waals surface area contributed by atoms with Crippen molar-refractivity contribution in [2.45, 2.75) is 25.4 Å². The molecule has 1 aliphatic carbocycles. The van der Waals surface area contributed by atoms with E-state index in [4.69, 9.17) is 4.74 Å². The van der Waals surface area contributed by atoms with E-state index in [0.29, 0.717) is 0 Å². The van der Waals surface area contributed by atoms with Gasteiger partial charge in [-0.1, -0.05) is 12.2 Å². The van der Waals surface area contributed by atoms with Crippen LogP contribution in [-0.4, -0.2) is 16.9 Å². The summed E-state index contributed by atoms with van der Waals surface area (Å²) in [5, 5.41) is 1.54. The van der Waals surface area contributed by atoms with Crippen LogP contribution in [0.4, 0.5) is 0 Å². The van der Waals surface area contributed by atoms with Gasteiger partial charge >= 0.3 is 5.97 Å². The minimum atomic E-state index is -0.346. The van der Waals surface area contributed by atoms with Crippen molar-refractivity contribution >= 4 is 23.6 Å². The first-order valence-electron chi connectivity index (χ1n) is 2.84. The topological polar surface area (TPSA) is 26.3 Å². The lowest BCUT2D eigenvalue weighted by Gasteiger charge is -2.06. The van der Waals surface area contributed by atoms with Crippen molar-refractivity contribution in [1.82, 2.24) is 0 Å². The number of thiocarbonyl (C=S) groups is 1. The molecule has 0 aliphatic heterocycles. The van der Waals surface area contributed by atoms with Crippen molar-refractivity contribution < 1.29 is 9.53 Å². The van der Waals surface area contributed by atoms with Gasteiger partial charge in [-0.2, -0.15) is 0 Å². The highest BCUT2D eigenvalue weighted by Crippen LogP contribution is 2.37. The summed E-state index contributed by atoms with van der Waals surface area (Å²) < 4.78 is 4.90. The number of esters is 1. The molecule has 0 saturated heterocycles. The highest BCUT2D eigenvalue weighted by Gasteiger charge is 2.44. The fourth-order valence-corrected chi connectivity index (χ4v) is 0.937. The second kappa shape index (κ2) is 2.06. The zero-order valence-electron chi connectivity index (χ0n) is 5.22. The summed E-state index contributed by atoms with van der Waals surface area (Å²) in [6.07, 6.45) is 1.80. The Morgan fingerprint density at radius 1 is 1.78 bits per heavy atom. The van der Waals surface area contributed by atoms with Crippen LogP contribution in [-0.2, 0) is 9.53 Å². The first kappa shape index (κ1) is 6.68. The van der Waals surface area contributed by atoms with Crippen LogP contribution >= 0.6 is 12.2 Å². The van der Waals surface area contributed by atoms with Gasteiger partial charge in [0.15, 0.2) is 0 Å². The molecule has 0 N–H and O–H groups in total. The van der Waals surface area contributed by atoms with Crippen LogP contribution < -0.4 is 0 Å². The molecule has 0 aromatic carbocycles. The molecular weight excluding hydrogens is 136 g/mol. The molecule has 0 atom stereocenters. The van der Waals surface area contributed by atoms with E-state index < -0.39 is 0 Å². The molecule has 0 unspecified atom stereocenters. The predicted molar refractivity (Wildman–Crippen MR) is 37.4 cm³/mol. The van der Waals surface area contributed by atoms with Gasteiger partial charge in [-0.15, -0.1) is 0 Å². The molecule has 0 bridgehead atoms. The number of hydrogen-bond donors (Lipinski definition) is 0. The van der Waals surface area contributed by atoms with Crippen LogP contribution in [0.1, 0.15) is 19.8 Å². The van der Waals surface area contributed by atoms with Gasteiger partial charge in [-0.3, -0.25) is 4.79 Å². The lowest BCUT2D eigenvalue weighted by Crippen LogP contribution is -2.17. The molecule has 1 rings (SSSR count). The Labute approximate surface area is 59.2 Å². The molecule has 0 spiro atoms. The van der Waals surface area contributed by atoms with Crippen molar-refractivity contribution in [3.8, 4) is 0 Å². The largest absolute Gasteiger partial charge is 0.454 e. The maximum Gasteiger partial charge on any atom is 0.303 e. The minimum absolute atomic E-state index is 0.242. The standard InChI is InChI=1S/C6H8O2S/c1-5(7)8-6(4-9)2-3-6/h4H,2-3H2,1H3. The monoisotopic (exact) mass is 144 g/mol. The van der Waals surface area contributed by atoms with Crippen molar-refractivity contribution in [3.63, 3.8) is 0 Å². The minimum Gasteiger partial charge on any atom is -0.454 e. The summed E-state index contributed by atoms with van der Waals surface area (Å²) in [6, 6.07) is 0. The molecule has 1 saturated carbocycles. The van der Waals surface area contributed by atoms with E-state index in [1.165, 1.54) is 12.3 Å². The van der Waals surface area contributed by atoms with Crippen LogP contribution in [0.25, 0.3) is 0 Å². The van der Waals surface area contributed by atoms with E-state index in [-0.39, 0.29) is 11.6 Å². The lowest BCUT2D eigenvalue weighted by atomic mass is 10.4. The summed E-state index contributed by atoms with van der Waals surface area (Å²) in [4.78, 5) is 10.4. The average molecular weight is 144 g/mol. The summed E-state index contributed by atoms with van der Waals surface area (Å²) in [7, 11) is 0. The van der Waals surface area contributed by atoms with Crippen LogP contribution in [0.15, 0.2) is 0 Å². The van der Waals surface area contributed by atoms with Crippen LogP contribution in [0.5, 0.6) is 0 Å². The molecule has 3 heteroatoms. The van der Waals surface area contributed by atoms with Crippen LogP contribution in [0.3, 0.4) is 0 Å². The van der Waals surface area contributed by atoms with Gasteiger partial charge in [-0.05, 0) is 12.8 Å². The highest BCUT2D eigenvalue weighted by atomic mass is 32.1. The van der Waals surface area contributed by atoms with Crippen molar-refractivity contribution in [3.05, 3.63) is 0 Å². The molecule has 0 heterocycles. The molecular formula is C6H8O2S. The summed E-state index contributed by atoms with van der Waals surface area (Å²) in [6.45, 7) is 1.40. The summed E-state index contributed by atoms with van der Waals surface area (Å²) in [5.41, 5.74) is -0.346. The molecule has 2 nitrogen and oxygen atoms in total. The Morgan fingerprint density at radius 3 is 2.44 bits per heavy atom. The van der Waals surface area contributed by atoms with Gasteiger partial charge < -0.3 is 4.74 Å². The number of hydrogen-bond acceptors (Lipinski definition) is 3. The van der Waals surface area contributed by atoms with Crippen molar-refractivity contribution in [2.24, 2.45) is 0 Å². The second-order valence-electron chi connectivity index (χ2n) is 2.28. The van der Waals surface area contributed by atoms with Crippen molar-refractivity contribution in [1.29, 1.82) is 0 Å². The normalized spacial score (nSPS) is 20.6. The number of rotatable bonds is 2. The zero-order chi connectivity index (χ0) is 6.91. The molecule has 0 aromatic heterocycles. The van der Waals surface area contributed by atoms with Gasteiger partial charge in [0.2, 0.25) is 0 Å². The molecule has 9 heavy (non-hydrogen) atoms. The molecule has 0 radical (unpaired) electrons. The predicted octanol–water partition coefficient (Wildman–Crippen LogP) is 1.08. The van der Waals surface area contributed by atoms with Gasteiger partial charge in [0.1, 0.15) is 5.60 Å². The van der Waals surface area contributed by atoms with Crippen LogP contribution in [0.2, 0.25) is 0 Å². The Morgan fingerprint density at radius 2 is 2.33 bits per heavy atom. The average Bonchev–Trinajstić information content (AvgIpc) is 2.48. The van der Waals surface area contributed by atoms with E-state index in [1.807, 2.05) is 0 Å². The third-order valence-electron chi connectivity index (χ3n) is 1.30. The van der Waals surface area contributed by atoms with E-state index in [1.54, 1.807) is 0 Å². The third kappa shape index (κ3) is 1.48. The number of ether oxygens (including phenoxy) is 1. The molecule has 50 valence electrons. The SMILES string of the molecule is CC(=O)OC1(C=S)CC1. The Hall–Kier alpha value is -0.440. The lowest BCUT2D eigenvalue weighted by molar-refractivity contribution is -0.144. The van der Waals surface area contributed by atoms with Gasteiger partial charge in [0.25, 0.3) is 0 Å². The second-order valence-corrected chi connectivity index (χ2v) is 2.51. The van der Waals surface area contributed by atoms with E-state index in [2.05, 4.69) is 12.2 Å². The Balaban J connectivity index is 2.42. The molecule has 0 amide bonds. The maximum atomic E-state index is 10.4. The zero-order valence-corrected chi connectivity index (χ0v) is 6.03. The van der Waals surface area contributed by atoms with Crippen LogP contribution in [0, 0.1) is 0 Å². The van der Waals surface area contributed by atoms with E-state index in [0.717, 1.165) is 12.8 Å². The van der Waals surface area contributed by atoms with E-state index >= 15 is 0 Å². The Kier molecular flexibility index (Phi) is 1.53. The molecule has 1 aliphatic rings. The summed E-state index contributed by atoms with van der Waals surface area (Å²) in [5.74, 6) is -0.242. The number of carbonyl (C=O) groups excluding carboxylic acids is 1. The summed E-state index contributed by atoms with van der Waals surface area (Å²) >= 11 is 4.67. The quantitative estimate of drug-likeness (QED) is 0.428. The van der Waals surface area contributed by atoms with Gasteiger partial charge in [0, 0.05) is 12.3 Å². The first-order valence-corrected chi connectivity index (χ1v) is 3.32. The molecule has 1 fully saturated rings.